The third-order valence-corrected chi connectivity index (χ3v) is 6.69. The van der Waals surface area contributed by atoms with Gasteiger partial charge in [-0.3, -0.25) is 4.79 Å². The summed E-state index contributed by atoms with van der Waals surface area (Å²) in [6.07, 6.45) is 4.68. The molecule has 0 fully saturated rings. The van der Waals surface area contributed by atoms with Crippen molar-refractivity contribution in [1.82, 2.24) is 24.6 Å². The molecular weight excluding hydrogens is 508 g/mol. The summed E-state index contributed by atoms with van der Waals surface area (Å²) in [6, 6.07) is 5.75. The molecule has 1 amide bonds. The molecule has 38 heavy (non-hydrogen) atoms. The van der Waals surface area contributed by atoms with Crippen LogP contribution < -0.4 is 20.5 Å². The van der Waals surface area contributed by atoms with Gasteiger partial charge >= 0.3 is 0 Å². The third-order valence-electron chi connectivity index (χ3n) is 5.96. The first-order chi connectivity index (χ1) is 17.9. The van der Waals surface area contributed by atoms with Crippen LogP contribution in [0.2, 0.25) is 0 Å². The number of hydrogen-bond acceptors (Lipinski definition) is 8. The lowest BCUT2D eigenvalue weighted by atomic mass is 10.1. The Kier molecular flexibility index (Phi) is 9.91. The van der Waals surface area contributed by atoms with Crippen LogP contribution in [0.3, 0.4) is 0 Å². The van der Waals surface area contributed by atoms with E-state index >= 15 is 0 Å². The predicted octanol–water partition coefficient (Wildman–Crippen LogP) is 3.11. The molecule has 0 unspecified atom stereocenters. The van der Waals surface area contributed by atoms with E-state index in [4.69, 9.17) is 20.2 Å². The number of nitrogens with zero attached hydrogens (tertiary/aromatic N) is 3. The van der Waals surface area contributed by atoms with Crippen molar-refractivity contribution in [3.05, 3.63) is 24.0 Å². The van der Waals surface area contributed by atoms with E-state index in [1.54, 1.807) is 0 Å². The molecule has 0 aliphatic carbocycles. The molecule has 0 radical (unpaired) electrons. The van der Waals surface area contributed by atoms with E-state index in [1.807, 2.05) is 39.0 Å². The molecule has 11 nitrogen and oxygen atoms in total. The summed E-state index contributed by atoms with van der Waals surface area (Å²) in [5.41, 5.74) is 7.96. The maximum Gasteiger partial charge on any atom is 0.217 e. The van der Waals surface area contributed by atoms with Crippen LogP contribution in [0.5, 0.6) is 5.75 Å². The largest absolute Gasteiger partial charge is 0.494 e. The topological polar surface area (TPSA) is 150 Å². The van der Waals surface area contributed by atoms with Gasteiger partial charge in [0, 0.05) is 38.1 Å². The second-order valence-electron chi connectivity index (χ2n) is 10.1. The van der Waals surface area contributed by atoms with Crippen molar-refractivity contribution >= 4 is 43.7 Å². The SMILES string of the molecule is CCOCc1nc2c(N)nc3cc(OCCCCCCNS(C)(=O)=O)ccc3c2n1CC(C)(C)NC(C)=O. The molecular formula is C26H40N6O5S. The van der Waals surface area contributed by atoms with E-state index in [0.717, 1.165) is 42.8 Å². The maximum absolute atomic E-state index is 11.8. The van der Waals surface area contributed by atoms with E-state index < -0.39 is 15.6 Å². The minimum absolute atomic E-state index is 0.107. The number of pyridine rings is 1. The first-order valence-electron chi connectivity index (χ1n) is 12.9. The summed E-state index contributed by atoms with van der Waals surface area (Å²) < 4.78 is 38.4. The number of aromatic nitrogens is 3. The Labute approximate surface area is 224 Å². The van der Waals surface area contributed by atoms with Gasteiger partial charge in [0.15, 0.2) is 5.82 Å². The van der Waals surface area contributed by atoms with Crippen LogP contribution in [-0.2, 0) is 32.7 Å². The summed E-state index contributed by atoms with van der Waals surface area (Å²) >= 11 is 0. The van der Waals surface area contributed by atoms with Crippen LogP contribution in [0.15, 0.2) is 18.2 Å². The number of ether oxygens (including phenoxy) is 2. The first kappa shape index (κ1) is 29.6. The number of nitrogens with two attached hydrogens (primary N) is 1. The Morgan fingerprint density at radius 3 is 2.58 bits per heavy atom. The average molecular weight is 549 g/mol. The van der Waals surface area contributed by atoms with Gasteiger partial charge in [0.25, 0.3) is 0 Å². The van der Waals surface area contributed by atoms with Crippen molar-refractivity contribution in [3.8, 4) is 5.75 Å². The Hall–Kier alpha value is -2.96. The summed E-state index contributed by atoms with van der Waals surface area (Å²) in [6.45, 7) is 9.69. The lowest BCUT2D eigenvalue weighted by molar-refractivity contribution is -0.120. The van der Waals surface area contributed by atoms with Gasteiger partial charge in [-0.05, 0) is 45.7 Å². The van der Waals surface area contributed by atoms with E-state index in [0.29, 0.717) is 61.3 Å². The summed E-state index contributed by atoms with van der Waals surface area (Å²) in [5, 5.41) is 3.89. The van der Waals surface area contributed by atoms with Gasteiger partial charge in [0.05, 0.1) is 29.4 Å². The van der Waals surface area contributed by atoms with Crippen LogP contribution in [0.25, 0.3) is 21.9 Å². The molecule has 210 valence electrons. The quantitative estimate of drug-likeness (QED) is 0.245. The molecule has 0 bridgehead atoms. The minimum Gasteiger partial charge on any atom is -0.494 e. The monoisotopic (exact) mass is 548 g/mol. The third kappa shape index (κ3) is 8.27. The zero-order chi connectivity index (χ0) is 27.9. The highest BCUT2D eigenvalue weighted by Crippen LogP contribution is 2.32. The number of carbonyl (C=O) groups is 1. The van der Waals surface area contributed by atoms with Crippen molar-refractivity contribution in [2.24, 2.45) is 0 Å². The zero-order valence-electron chi connectivity index (χ0n) is 23.0. The van der Waals surface area contributed by atoms with Gasteiger partial charge < -0.3 is 25.1 Å². The number of imidazole rings is 1. The van der Waals surface area contributed by atoms with Gasteiger partial charge in [-0.2, -0.15) is 0 Å². The molecule has 3 aromatic rings. The number of anilines is 1. The fraction of sp³-hybridized carbons (Fsp3) is 0.577. The first-order valence-corrected chi connectivity index (χ1v) is 14.8. The second kappa shape index (κ2) is 12.7. The molecule has 4 N–H and O–H groups in total. The van der Waals surface area contributed by atoms with Crippen molar-refractivity contribution in [2.45, 2.75) is 72.1 Å². The normalized spacial score (nSPS) is 12.3. The van der Waals surface area contributed by atoms with Crippen molar-refractivity contribution in [2.75, 3.05) is 31.7 Å². The van der Waals surface area contributed by atoms with Crippen LogP contribution in [0.4, 0.5) is 5.82 Å². The molecule has 3 rings (SSSR count). The summed E-state index contributed by atoms with van der Waals surface area (Å²) in [7, 11) is -3.13. The summed E-state index contributed by atoms with van der Waals surface area (Å²) in [5.74, 6) is 1.63. The standard InChI is InChI=1S/C26H40N6O5S/c1-6-36-16-22-30-23-24(32(22)17-26(3,4)31-18(2)33)20-12-11-19(15-21(20)29-25(23)27)37-14-10-8-7-9-13-28-38(5,34)35/h11-12,15,28H,6-10,13-14,16-17H2,1-5H3,(H2,27,29)(H,31,33). The Balaban J connectivity index is 1.79. The molecule has 0 saturated carbocycles. The molecule has 1 aromatic carbocycles. The Morgan fingerprint density at radius 2 is 1.89 bits per heavy atom. The van der Waals surface area contributed by atoms with E-state index in [2.05, 4.69) is 19.6 Å². The highest BCUT2D eigenvalue weighted by Gasteiger charge is 2.25. The fourth-order valence-electron chi connectivity index (χ4n) is 4.44. The van der Waals surface area contributed by atoms with Crippen LogP contribution in [-0.4, -0.2) is 60.4 Å². The number of hydrogen-bond donors (Lipinski definition) is 3. The Bertz CT molecular complexity index is 1370. The molecule has 2 heterocycles. The highest BCUT2D eigenvalue weighted by molar-refractivity contribution is 7.88. The molecule has 0 spiro atoms. The molecule has 2 aromatic heterocycles. The minimum atomic E-state index is -3.13. The van der Waals surface area contributed by atoms with Crippen molar-refractivity contribution in [3.63, 3.8) is 0 Å². The van der Waals surface area contributed by atoms with Crippen molar-refractivity contribution in [1.29, 1.82) is 0 Å². The average Bonchev–Trinajstić information content (AvgIpc) is 3.16. The number of rotatable bonds is 15. The van der Waals surface area contributed by atoms with Crippen molar-refractivity contribution < 1.29 is 22.7 Å². The van der Waals surface area contributed by atoms with Gasteiger partial charge in [-0.15, -0.1) is 0 Å². The smallest absolute Gasteiger partial charge is 0.217 e. The maximum atomic E-state index is 11.8. The molecule has 12 heteroatoms. The predicted molar refractivity (Wildman–Crippen MR) is 149 cm³/mol. The van der Waals surface area contributed by atoms with E-state index in [1.165, 1.54) is 6.92 Å². The number of unbranched alkanes of at least 4 members (excludes halogenated alkanes) is 3. The van der Waals surface area contributed by atoms with Gasteiger partial charge in [0.2, 0.25) is 15.9 Å². The number of carbonyl (C=O) groups excluding carboxylic acids is 1. The number of benzene rings is 1. The lowest BCUT2D eigenvalue weighted by Crippen LogP contribution is -2.45. The number of nitrogens with one attached hydrogen (secondary N) is 2. The number of sulfonamides is 1. The molecule has 0 aliphatic rings. The van der Waals surface area contributed by atoms with E-state index in [9.17, 15) is 13.2 Å². The van der Waals surface area contributed by atoms with Crippen LogP contribution >= 0.6 is 0 Å². The lowest BCUT2D eigenvalue weighted by Gasteiger charge is -2.27. The Morgan fingerprint density at radius 1 is 1.16 bits per heavy atom. The van der Waals surface area contributed by atoms with Crippen LogP contribution in [0, 0.1) is 0 Å². The number of amides is 1. The number of nitrogen functional groups attached to an aromatic ring is 1. The van der Waals surface area contributed by atoms with Gasteiger partial charge in [0.1, 0.15) is 23.7 Å². The highest BCUT2D eigenvalue weighted by atomic mass is 32.2. The van der Waals surface area contributed by atoms with E-state index in [-0.39, 0.29) is 5.91 Å². The van der Waals surface area contributed by atoms with Gasteiger partial charge in [-0.1, -0.05) is 12.8 Å². The summed E-state index contributed by atoms with van der Waals surface area (Å²) in [4.78, 5) is 21.1. The fourth-order valence-corrected chi connectivity index (χ4v) is 4.96. The second-order valence-corrected chi connectivity index (χ2v) is 12.0. The molecule has 0 atom stereocenters. The van der Waals surface area contributed by atoms with Gasteiger partial charge in [-0.25, -0.2) is 23.1 Å². The number of fused-ring (bicyclic) bond motifs is 3. The molecule has 0 saturated heterocycles. The molecule has 0 aliphatic heterocycles. The van der Waals surface area contributed by atoms with Crippen LogP contribution in [0.1, 0.15) is 59.2 Å². The zero-order valence-corrected chi connectivity index (χ0v) is 23.8.